The van der Waals surface area contributed by atoms with Gasteiger partial charge in [0.1, 0.15) is 17.2 Å². The molecule has 150 valence electrons. The third kappa shape index (κ3) is 3.60. The van der Waals surface area contributed by atoms with Crippen molar-refractivity contribution in [3.05, 3.63) is 47.5 Å². The normalized spacial score (nSPS) is 17.6. The van der Waals surface area contributed by atoms with Crippen molar-refractivity contribution in [2.45, 2.75) is 31.7 Å². The molecular formula is C20H21ClN6O2. The summed E-state index contributed by atoms with van der Waals surface area (Å²) < 4.78 is 3.65. The fourth-order valence-electron chi connectivity index (χ4n) is 3.82. The Hall–Kier alpha value is -2.87. The van der Waals surface area contributed by atoms with Crippen LogP contribution >= 0.6 is 11.6 Å². The van der Waals surface area contributed by atoms with Gasteiger partial charge in [-0.1, -0.05) is 11.6 Å². The summed E-state index contributed by atoms with van der Waals surface area (Å²) in [6, 6.07) is 5.54. The van der Waals surface area contributed by atoms with Gasteiger partial charge in [0.2, 0.25) is 5.91 Å². The number of hydrogen-bond donors (Lipinski definition) is 1. The van der Waals surface area contributed by atoms with Crippen LogP contribution in [-0.2, 0) is 4.79 Å². The van der Waals surface area contributed by atoms with E-state index in [9.17, 15) is 9.59 Å². The van der Waals surface area contributed by atoms with E-state index < -0.39 is 0 Å². The van der Waals surface area contributed by atoms with Crippen molar-refractivity contribution in [3.8, 4) is 0 Å². The number of anilines is 1. The highest BCUT2D eigenvalue weighted by molar-refractivity contribution is 6.30. The second kappa shape index (κ2) is 7.18. The van der Waals surface area contributed by atoms with Crippen LogP contribution in [0.2, 0.25) is 5.02 Å². The highest BCUT2D eigenvalue weighted by atomic mass is 35.5. The van der Waals surface area contributed by atoms with Gasteiger partial charge in [-0.25, -0.2) is 9.67 Å². The minimum Gasteiger partial charge on any atom is -0.337 e. The van der Waals surface area contributed by atoms with Gasteiger partial charge in [0.15, 0.2) is 0 Å². The first-order valence-electron chi connectivity index (χ1n) is 9.86. The number of hydrogen-bond acceptors (Lipinski definition) is 4. The number of carbonyl (C=O) groups is 2. The molecule has 8 nitrogen and oxygen atoms in total. The molecule has 2 aliphatic rings. The number of halogens is 1. The number of piperidine rings is 1. The lowest BCUT2D eigenvalue weighted by atomic mass is 10.0. The molecule has 2 fully saturated rings. The molecule has 0 atom stereocenters. The maximum Gasteiger partial charge on any atom is 0.274 e. The Morgan fingerprint density at radius 1 is 1.07 bits per heavy atom. The van der Waals surface area contributed by atoms with Gasteiger partial charge in [-0.2, -0.15) is 5.10 Å². The standard InChI is InChI=1S/C20H21ClN6O2/c21-14-3-4-17-23-16(12-26(17)11-14)20(29)25-9-6-15(7-10-25)27-18(5-8-22-27)24-19(28)13-1-2-13/h3-5,8,11-13,15H,1-2,6-7,9-10H2,(H,24,28). The van der Waals surface area contributed by atoms with Gasteiger partial charge < -0.3 is 14.6 Å². The molecule has 4 heterocycles. The molecule has 2 amide bonds. The van der Waals surface area contributed by atoms with Gasteiger partial charge in [-0.05, 0) is 37.8 Å². The van der Waals surface area contributed by atoms with Crippen LogP contribution in [0.25, 0.3) is 5.65 Å². The van der Waals surface area contributed by atoms with Crippen molar-refractivity contribution >= 4 is 34.9 Å². The maximum absolute atomic E-state index is 12.9. The quantitative estimate of drug-likeness (QED) is 0.713. The zero-order valence-corrected chi connectivity index (χ0v) is 16.5. The zero-order chi connectivity index (χ0) is 20.0. The average molecular weight is 413 g/mol. The van der Waals surface area contributed by atoms with E-state index in [0.29, 0.717) is 29.5 Å². The summed E-state index contributed by atoms with van der Waals surface area (Å²) in [5.74, 6) is 0.888. The van der Waals surface area contributed by atoms with Crippen LogP contribution in [0.5, 0.6) is 0 Å². The zero-order valence-electron chi connectivity index (χ0n) is 15.8. The van der Waals surface area contributed by atoms with Crippen LogP contribution in [0.15, 0.2) is 36.8 Å². The van der Waals surface area contributed by atoms with Crippen LogP contribution in [0, 0.1) is 5.92 Å². The number of imidazole rings is 1. The van der Waals surface area contributed by atoms with Crippen molar-refractivity contribution in [2.24, 2.45) is 5.92 Å². The second-order valence-electron chi connectivity index (χ2n) is 7.69. The third-order valence-corrected chi connectivity index (χ3v) is 5.82. The van der Waals surface area contributed by atoms with Crippen molar-refractivity contribution in [2.75, 3.05) is 18.4 Å². The maximum atomic E-state index is 12.9. The summed E-state index contributed by atoms with van der Waals surface area (Å²) in [5, 5.41) is 7.99. The van der Waals surface area contributed by atoms with E-state index in [1.165, 1.54) is 0 Å². The lowest BCUT2D eigenvalue weighted by molar-refractivity contribution is -0.117. The molecule has 0 radical (unpaired) electrons. The number of nitrogens with one attached hydrogen (secondary N) is 1. The topological polar surface area (TPSA) is 84.5 Å². The molecule has 3 aromatic heterocycles. The highest BCUT2D eigenvalue weighted by Gasteiger charge is 2.31. The van der Waals surface area contributed by atoms with E-state index >= 15 is 0 Å². The number of aromatic nitrogens is 4. The Bertz CT molecular complexity index is 1080. The number of amides is 2. The first kappa shape index (κ1) is 18.2. The first-order chi connectivity index (χ1) is 14.1. The summed E-state index contributed by atoms with van der Waals surface area (Å²) >= 11 is 6.01. The summed E-state index contributed by atoms with van der Waals surface area (Å²) in [6.07, 6.45) is 8.65. The van der Waals surface area contributed by atoms with E-state index in [0.717, 1.165) is 31.5 Å². The second-order valence-corrected chi connectivity index (χ2v) is 8.12. The van der Waals surface area contributed by atoms with Gasteiger partial charge in [0, 0.05) is 37.5 Å². The van der Waals surface area contributed by atoms with Gasteiger partial charge in [0.05, 0.1) is 17.3 Å². The summed E-state index contributed by atoms with van der Waals surface area (Å²) in [7, 11) is 0. The molecule has 1 saturated carbocycles. The van der Waals surface area contributed by atoms with E-state index in [2.05, 4.69) is 15.4 Å². The number of likely N-dealkylation sites (tertiary alicyclic amines) is 1. The minimum atomic E-state index is -0.0778. The molecule has 0 aromatic carbocycles. The van der Waals surface area contributed by atoms with Gasteiger partial charge in [-0.15, -0.1) is 0 Å². The predicted molar refractivity (Wildman–Crippen MR) is 108 cm³/mol. The SMILES string of the molecule is O=C(Nc1ccnn1C1CCN(C(=O)c2cn3cc(Cl)ccc3n2)CC1)C1CC1. The molecule has 5 rings (SSSR count). The Morgan fingerprint density at radius 3 is 2.62 bits per heavy atom. The number of rotatable bonds is 4. The molecule has 1 saturated heterocycles. The molecule has 0 unspecified atom stereocenters. The molecule has 0 spiro atoms. The van der Waals surface area contributed by atoms with Crippen molar-refractivity contribution < 1.29 is 9.59 Å². The van der Waals surface area contributed by atoms with Gasteiger partial charge >= 0.3 is 0 Å². The van der Waals surface area contributed by atoms with Crippen LogP contribution in [-0.4, -0.2) is 49.0 Å². The molecular weight excluding hydrogens is 392 g/mol. The van der Waals surface area contributed by atoms with E-state index in [4.69, 9.17) is 11.6 Å². The Kier molecular flexibility index (Phi) is 4.50. The predicted octanol–water partition coefficient (Wildman–Crippen LogP) is 3.01. The molecule has 1 aliphatic heterocycles. The molecule has 9 heteroatoms. The minimum absolute atomic E-state index is 0.0753. The molecule has 3 aromatic rings. The lowest BCUT2D eigenvalue weighted by Gasteiger charge is -2.32. The van der Waals surface area contributed by atoms with Gasteiger partial charge in [0.25, 0.3) is 5.91 Å². The van der Waals surface area contributed by atoms with Crippen molar-refractivity contribution in [1.29, 1.82) is 0 Å². The lowest BCUT2D eigenvalue weighted by Crippen LogP contribution is -2.39. The fourth-order valence-corrected chi connectivity index (χ4v) is 3.99. The number of nitrogens with zero attached hydrogens (tertiary/aromatic N) is 5. The van der Waals surface area contributed by atoms with Crippen LogP contribution < -0.4 is 5.32 Å². The monoisotopic (exact) mass is 412 g/mol. The van der Waals surface area contributed by atoms with E-state index in [1.807, 2.05) is 15.6 Å². The summed E-state index contributed by atoms with van der Waals surface area (Å²) in [5.41, 5.74) is 1.11. The largest absolute Gasteiger partial charge is 0.337 e. The molecule has 1 aliphatic carbocycles. The Morgan fingerprint density at radius 2 is 1.86 bits per heavy atom. The van der Waals surface area contributed by atoms with Crippen LogP contribution in [0.3, 0.4) is 0 Å². The third-order valence-electron chi connectivity index (χ3n) is 5.60. The Balaban J connectivity index is 1.25. The number of pyridine rings is 1. The summed E-state index contributed by atoms with van der Waals surface area (Å²) in [4.78, 5) is 31.2. The Labute approximate surface area is 172 Å². The fraction of sp³-hybridized carbons (Fsp3) is 0.400. The smallest absolute Gasteiger partial charge is 0.274 e. The highest BCUT2D eigenvalue weighted by Crippen LogP contribution is 2.31. The van der Waals surface area contributed by atoms with Crippen molar-refractivity contribution in [3.63, 3.8) is 0 Å². The van der Waals surface area contributed by atoms with Crippen LogP contribution in [0.1, 0.15) is 42.2 Å². The number of carbonyl (C=O) groups excluding carboxylic acids is 2. The first-order valence-corrected chi connectivity index (χ1v) is 10.2. The van der Waals surface area contributed by atoms with Crippen molar-refractivity contribution in [1.82, 2.24) is 24.1 Å². The molecule has 0 bridgehead atoms. The number of fused-ring (bicyclic) bond motifs is 1. The van der Waals surface area contributed by atoms with Gasteiger partial charge in [-0.3, -0.25) is 9.59 Å². The van der Waals surface area contributed by atoms with E-state index in [-0.39, 0.29) is 23.8 Å². The molecule has 1 N–H and O–H groups in total. The van der Waals surface area contributed by atoms with Crippen LogP contribution in [0.4, 0.5) is 5.82 Å². The summed E-state index contributed by atoms with van der Waals surface area (Å²) in [6.45, 7) is 1.24. The van der Waals surface area contributed by atoms with E-state index in [1.54, 1.807) is 35.1 Å². The average Bonchev–Trinajstić information content (AvgIpc) is 3.35. The molecule has 29 heavy (non-hydrogen) atoms.